The summed E-state index contributed by atoms with van der Waals surface area (Å²) in [5.41, 5.74) is -0.201. The SMILES string of the molecule is CC(C)OP(=O)(O)C(NC(=O)c1cnc(-c2ccccn2)[nH]c1=O)c1ccccc1. The minimum absolute atomic E-state index is 0.202. The molecule has 0 bridgehead atoms. The van der Waals surface area contributed by atoms with Crippen molar-refractivity contribution >= 4 is 13.5 Å². The van der Waals surface area contributed by atoms with E-state index in [1.807, 2.05) is 0 Å². The van der Waals surface area contributed by atoms with Gasteiger partial charge in [-0.2, -0.15) is 0 Å². The molecule has 3 N–H and O–H groups in total. The Kier molecular flexibility index (Phi) is 6.56. The molecule has 0 saturated carbocycles. The number of rotatable bonds is 7. The van der Waals surface area contributed by atoms with Crippen LogP contribution < -0.4 is 10.9 Å². The van der Waals surface area contributed by atoms with Gasteiger partial charge in [-0.05, 0) is 31.5 Å². The zero-order valence-corrected chi connectivity index (χ0v) is 17.2. The summed E-state index contributed by atoms with van der Waals surface area (Å²) in [6.45, 7) is 3.22. The van der Waals surface area contributed by atoms with Gasteiger partial charge in [-0.1, -0.05) is 36.4 Å². The van der Waals surface area contributed by atoms with Crippen LogP contribution in [0.5, 0.6) is 0 Å². The van der Waals surface area contributed by atoms with Crippen molar-refractivity contribution in [2.45, 2.75) is 25.7 Å². The fourth-order valence-corrected chi connectivity index (χ4v) is 4.30. The standard InChI is InChI=1S/C20H21N4O5P/c1-13(2)29-30(27,28)20(14-8-4-3-5-9-14)24-19(26)15-12-22-17(23-18(15)25)16-10-6-7-11-21-16/h3-13,20H,1-2H3,(H,24,26)(H,27,28)(H,22,23,25). The van der Waals surface area contributed by atoms with Gasteiger partial charge in [0.05, 0.1) is 6.10 Å². The van der Waals surface area contributed by atoms with Crippen molar-refractivity contribution in [1.29, 1.82) is 0 Å². The monoisotopic (exact) mass is 428 g/mol. The van der Waals surface area contributed by atoms with E-state index in [0.29, 0.717) is 11.3 Å². The van der Waals surface area contributed by atoms with Gasteiger partial charge in [-0.3, -0.25) is 19.1 Å². The maximum atomic E-state index is 12.8. The van der Waals surface area contributed by atoms with Crippen LogP contribution in [0.25, 0.3) is 11.5 Å². The van der Waals surface area contributed by atoms with Gasteiger partial charge >= 0.3 is 7.60 Å². The van der Waals surface area contributed by atoms with Gasteiger partial charge in [0.25, 0.3) is 11.5 Å². The Bertz CT molecular complexity index is 1120. The fraction of sp³-hybridized carbons (Fsp3) is 0.200. The van der Waals surface area contributed by atoms with E-state index in [-0.39, 0.29) is 11.4 Å². The highest BCUT2D eigenvalue weighted by Gasteiger charge is 2.36. The normalized spacial score (nSPS) is 14.1. The summed E-state index contributed by atoms with van der Waals surface area (Å²) in [5.74, 6) is -2.01. The Morgan fingerprint density at radius 1 is 1.13 bits per heavy atom. The molecule has 3 aromatic rings. The molecule has 1 aromatic carbocycles. The molecule has 3 rings (SSSR count). The number of hydrogen-bond donors (Lipinski definition) is 3. The smallest absolute Gasteiger partial charge is 0.334 e. The van der Waals surface area contributed by atoms with Crippen LogP contribution in [0, 0.1) is 0 Å². The highest BCUT2D eigenvalue weighted by Crippen LogP contribution is 2.55. The minimum Gasteiger partial charge on any atom is -0.334 e. The Morgan fingerprint density at radius 2 is 1.83 bits per heavy atom. The molecule has 2 aromatic heterocycles. The summed E-state index contributed by atoms with van der Waals surface area (Å²) in [6, 6.07) is 13.4. The molecule has 9 nitrogen and oxygen atoms in total. The highest BCUT2D eigenvalue weighted by atomic mass is 31.2. The van der Waals surface area contributed by atoms with Crippen molar-refractivity contribution in [3.8, 4) is 11.5 Å². The molecule has 1 amide bonds. The maximum absolute atomic E-state index is 12.8. The second kappa shape index (κ2) is 9.13. The number of nitrogens with zero attached hydrogens (tertiary/aromatic N) is 2. The Labute approximate surface area is 172 Å². The second-order valence-corrected chi connectivity index (χ2v) is 8.55. The van der Waals surface area contributed by atoms with Crippen molar-refractivity contribution in [3.63, 3.8) is 0 Å². The van der Waals surface area contributed by atoms with E-state index in [0.717, 1.165) is 6.20 Å². The first-order chi connectivity index (χ1) is 14.3. The average Bonchev–Trinajstić information content (AvgIpc) is 2.72. The molecule has 0 fully saturated rings. The lowest BCUT2D eigenvalue weighted by molar-refractivity contribution is 0.0935. The Hall–Kier alpha value is -3.13. The van der Waals surface area contributed by atoms with Crippen LogP contribution in [0.2, 0.25) is 0 Å². The summed E-state index contributed by atoms with van der Waals surface area (Å²) in [5, 5.41) is 2.44. The van der Waals surface area contributed by atoms with E-state index >= 15 is 0 Å². The van der Waals surface area contributed by atoms with E-state index in [2.05, 4.69) is 20.3 Å². The lowest BCUT2D eigenvalue weighted by atomic mass is 10.2. The number of benzene rings is 1. The van der Waals surface area contributed by atoms with E-state index in [9.17, 15) is 19.0 Å². The average molecular weight is 428 g/mol. The summed E-state index contributed by atoms with van der Waals surface area (Å²) < 4.78 is 18.0. The molecule has 2 unspecified atom stereocenters. The van der Waals surface area contributed by atoms with Crippen LogP contribution in [0.15, 0.2) is 65.7 Å². The molecule has 156 valence electrons. The molecule has 0 radical (unpaired) electrons. The maximum Gasteiger partial charge on any atom is 0.355 e. The number of H-pyrrole nitrogens is 1. The molecular formula is C20H21N4O5P. The molecule has 2 heterocycles. The van der Waals surface area contributed by atoms with Crippen molar-refractivity contribution in [3.05, 3.63) is 82.4 Å². The number of aromatic amines is 1. The zero-order valence-electron chi connectivity index (χ0n) is 16.4. The lowest BCUT2D eigenvalue weighted by Crippen LogP contribution is -2.33. The Balaban J connectivity index is 1.91. The van der Waals surface area contributed by atoms with Gasteiger partial charge in [0.15, 0.2) is 11.6 Å². The topological polar surface area (TPSA) is 134 Å². The quantitative estimate of drug-likeness (QED) is 0.493. The first-order valence-electron chi connectivity index (χ1n) is 9.15. The summed E-state index contributed by atoms with van der Waals surface area (Å²) >= 11 is 0. The molecule has 0 aliphatic heterocycles. The molecular weight excluding hydrogens is 407 g/mol. The van der Waals surface area contributed by atoms with Crippen molar-refractivity contribution < 1.29 is 18.8 Å². The molecule has 0 spiro atoms. The van der Waals surface area contributed by atoms with E-state index in [4.69, 9.17) is 4.52 Å². The van der Waals surface area contributed by atoms with Gasteiger partial charge in [0.1, 0.15) is 11.3 Å². The highest BCUT2D eigenvalue weighted by molar-refractivity contribution is 7.53. The van der Waals surface area contributed by atoms with Crippen molar-refractivity contribution in [2.24, 2.45) is 0 Å². The molecule has 30 heavy (non-hydrogen) atoms. The van der Waals surface area contributed by atoms with E-state index in [1.165, 1.54) is 0 Å². The number of carbonyl (C=O) groups is 1. The van der Waals surface area contributed by atoms with Crippen molar-refractivity contribution in [1.82, 2.24) is 20.3 Å². The molecule has 0 saturated heterocycles. The third-order valence-electron chi connectivity index (χ3n) is 4.02. The second-order valence-electron chi connectivity index (χ2n) is 6.69. The van der Waals surface area contributed by atoms with E-state index in [1.54, 1.807) is 68.6 Å². The van der Waals surface area contributed by atoms with Gasteiger partial charge < -0.3 is 19.7 Å². The van der Waals surface area contributed by atoms with Gasteiger partial charge in [0, 0.05) is 12.4 Å². The van der Waals surface area contributed by atoms with Crippen LogP contribution in [0.3, 0.4) is 0 Å². The van der Waals surface area contributed by atoms with Gasteiger partial charge in [-0.25, -0.2) is 4.98 Å². The summed E-state index contributed by atoms with van der Waals surface area (Å²) in [4.78, 5) is 46.3. The lowest BCUT2D eigenvalue weighted by Gasteiger charge is -2.25. The van der Waals surface area contributed by atoms with Crippen LogP contribution in [-0.2, 0) is 9.09 Å². The third kappa shape index (κ3) is 5.07. The van der Waals surface area contributed by atoms with Crippen LogP contribution >= 0.6 is 7.60 Å². The molecule has 10 heteroatoms. The number of carbonyl (C=O) groups excluding carboxylic acids is 1. The first-order valence-corrected chi connectivity index (χ1v) is 10.8. The molecule has 0 aliphatic carbocycles. The number of aromatic nitrogens is 3. The molecule has 2 atom stereocenters. The number of nitrogens with one attached hydrogen (secondary N) is 2. The predicted molar refractivity (Wildman–Crippen MR) is 111 cm³/mol. The fourth-order valence-electron chi connectivity index (χ4n) is 2.74. The van der Waals surface area contributed by atoms with Crippen LogP contribution in [0.4, 0.5) is 0 Å². The van der Waals surface area contributed by atoms with Crippen LogP contribution in [-0.4, -0.2) is 31.9 Å². The molecule has 0 aliphatic rings. The largest absolute Gasteiger partial charge is 0.355 e. The number of amides is 1. The Morgan fingerprint density at radius 3 is 2.43 bits per heavy atom. The summed E-state index contributed by atoms with van der Waals surface area (Å²) in [7, 11) is -4.30. The minimum atomic E-state index is -4.30. The first kappa shape index (κ1) is 21.6. The van der Waals surface area contributed by atoms with Gasteiger partial charge in [0.2, 0.25) is 0 Å². The van der Waals surface area contributed by atoms with Crippen LogP contribution in [0.1, 0.15) is 35.6 Å². The van der Waals surface area contributed by atoms with Crippen molar-refractivity contribution in [2.75, 3.05) is 0 Å². The predicted octanol–water partition coefficient (Wildman–Crippen LogP) is 2.87. The zero-order chi connectivity index (χ0) is 21.7. The van der Waals surface area contributed by atoms with E-state index < -0.39 is 30.9 Å². The number of hydrogen-bond acceptors (Lipinski definition) is 6. The van der Waals surface area contributed by atoms with Gasteiger partial charge in [-0.15, -0.1) is 0 Å². The third-order valence-corrected chi connectivity index (χ3v) is 5.83. The summed E-state index contributed by atoms with van der Waals surface area (Å²) in [6.07, 6.45) is 2.10. The number of pyridine rings is 1.